The van der Waals surface area contributed by atoms with Gasteiger partial charge in [0.25, 0.3) is 0 Å². The van der Waals surface area contributed by atoms with Crippen molar-refractivity contribution >= 4 is 10.0 Å². The smallest absolute Gasteiger partial charge is 0.214 e. The lowest BCUT2D eigenvalue weighted by Crippen LogP contribution is -2.42. The minimum absolute atomic E-state index is 0.309. The number of sulfonamides is 1. The van der Waals surface area contributed by atoms with Crippen LogP contribution in [0.1, 0.15) is 44.9 Å². The average Bonchev–Trinajstić information content (AvgIpc) is 2.30. The Morgan fingerprint density at radius 2 is 1.59 bits per heavy atom. The van der Waals surface area contributed by atoms with E-state index < -0.39 is 10.0 Å². The summed E-state index contributed by atoms with van der Waals surface area (Å²) in [6, 6.07) is 0. The lowest BCUT2D eigenvalue weighted by Gasteiger charge is -2.31. The third-order valence-corrected chi connectivity index (χ3v) is 6.03. The van der Waals surface area contributed by atoms with Gasteiger partial charge in [0, 0.05) is 13.1 Å². The van der Waals surface area contributed by atoms with Crippen molar-refractivity contribution < 1.29 is 13.5 Å². The highest BCUT2D eigenvalue weighted by Gasteiger charge is 2.29. The Labute approximate surface area is 104 Å². The molecule has 0 bridgehead atoms. The van der Waals surface area contributed by atoms with Crippen LogP contribution >= 0.6 is 0 Å². The lowest BCUT2D eigenvalue weighted by molar-refractivity contribution is 0.113. The fourth-order valence-electron chi connectivity index (χ4n) is 2.88. The van der Waals surface area contributed by atoms with Crippen molar-refractivity contribution in [3.63, 3.8) is 0 Å². The van der Waals surface area contributed by atoms with Gasteiger partial charge in [-0.3, -0.25) is 0 Å². The Balaban J connectivity index is 1.89. The topological polar surface area (TPSA) is 57.6 Å². The molecule has 0 atom stereocenters. The highest BCUT2D eigenvalue weighted by molar-refractivity contribution is 7.89. The van der Waals surface area contributed by atoms with Gasteiger partial charge >= 0.3 is 0 Å². The number of nitrogens with zero attached hydrogens (tertiary/aromatic N) is 1. The minimum atomic E-state index is -3.08. The summed E-state index contributed by atoms with van der Waals surface area (Å²) >= 11 is 0. The maximum absolute atomic E-state index is 12.2. The summed E-state index contributed by atoms with van der Waals surface area (Å²) in [5, 5.41) is 9.39. The number of hydrogen-bond donors (Lipinski definition) is 1. The molecule has 1 N–H and O–H groups in total. The third kappa shape index (κ3) is 3.66. The molecule has 1 aliphatic heterocycles. The van der Waals surface area contributed by atoms with Crippen LogP contribution in [0.4, 0.5) is 0 Å². The van der Waals surface area contributed by atoms with Crippen molar-refractivity contribution in [2.45, 2.75) is 51.0 Å². The molecule has 4 nitrogen and oxygen atoms in total. The molecule has 1 heterocycles. The first-order valence-electron chi connectivity index (χ1n) is 6.74. The van der Waals surface area contributed by atoms with Gasteiger partial charge in [-0.2, -0.15) is 0 Å². The lowest BCUT2D eigenvalue weighted by atomic mass is 9.91. The number of rotatable bonds is 3. The van der Waals surface area contributed by atoms with E-state index in [1.54, 1.807) is 4.31 Å². The summed E-state index contributed by atoms with van der Waals surface area (Å²) in [6.07, 6.45) is 6.61. The first-order chi connectivity index (χ1) is 8.08. The second-order valence-corrected chi connectivity index (χ2v) is 7.43. The maximum atomic E-state index is 12.2. The average molecular weight is 261 g/mol. The molecule has 1 aliphatic carbocycles. The van der Waals surface area contributed by atoms with Gasteiger partial charge in [0.15, 0.2) is 0 Å². The van der Waals surface area contributed by atoms with Crippen LogP contribution in [-0.4, -0.2) is 42.8 Å². The molecule has 17 heavy (non-hydrogen) atoms. The maximum Gasteiger partial charge on any atom is 0.214 e. The summed E-state index contributed by atoms with van der Waals surface area (Å²) < 4.78 is 26.0. The van der Waals surface area contributed by atoms with E-state index in [-0.39, 0.29) is 6.10 Å². The van der Waals surface area contributed by atoms with Gasteiger partial charge in [-0.1, -0.05) is 19.3 Å². The van der Waals surface area contributed by atoms with E-state index >= 15 is 0 Å². The van der Waals surface area contributed by atoms with Gasteiger partial charge in [-0.15, -0.1) is 0 Å². The molecule has 0 spiro atoms. The van der Waals surface area contributed by atoms with E-state index in [2.05, 4.69) is 0 Å². The molecule has 100 valence electrons. The fourth-order valence-corrected chi connectivity index (χ4v) is 4.78. The second kappa shape index (κ2) is 5.67. The molecular formula is C12H23NO3S. The van der Waals surface area contributed by atoms with E-state index in [1.165, 1.54) is 19.3 Å². The predicted octanol–water partition coefficient (Wildman–Crippen LogP) is 1.35. The first-order valence-corrected chi connectivity index (χ1v) is 8.35. The molecule has 2 aliphatic rings. The van der Waals surface area contributed by atoms with Crippen molar-refractivity contribution in [2.75, 3.05) is 18.8 Å². The van der Waals surface area contributed by atoms with Crippen LogP contribution in [0.25, 0.3) is 0 Å². The van der Waals surface area contributed by atoms with Crippen LogP contribution in [0.15, 0.2) is 0 Å². The first kappa shape index (κ1) is 13.3. The Morgan fingerprint density at radius 3 is 2.18 bits per heavy atom. The van der Waals surface area contributed by atoms with Gasteiger partial charge in [-0.05, 0) is 31.6 Å². The van der Waals surface area contributed by atoms with Gasteiger partial charge in [-0.25, -0.2) is 12.7 Å². The molecule has 0 unspecified atom stereocenters. The predicted molar refractivity (Wildman–Crippen MR) is 67.2 cm³/mol. The summed E-state index contributed by atoms with van der Waals surface area (Å²) in [4.78, 5) is 0. The van der Waals surface area contributed by atoms with E-state index in [0.717, 1.165) is 12.8 Å². The Kier molecular flexibility index (Phi) is 4.44. The number of aliphatic hydroxyl groups is 1. The minimum Gasteiger partial charge on any atom is -0.393 e. The zero-order valence-corrected chi connectivity index (χ0v) is 11.2. The van der Waals surface area contributed by atoms with Gasteiger partial charge in [0.2, 0.25) is 10.0 Å². The van der Waals surface area contributed by atoms with Crippen molar-refractivity contribution in [3.8, 4) is 0 Å². The van der Waals surface area contributed by atoms with Crippen LogP contribution in [0.2, 0.25) is 0 Å². The van der Waals surface area contributed by atoms with Crippen molar-refractivity contribution in [3.05, 3.63) is 0 Å². The van der Waals surface area contributed by atoms with E-state index in [4.69, 9.17) is 0 Å². The molecule has 0 amide bonds. The molecule has 1 saturated heterocycles. The van der Waals surface area contributed by atoms with Crippen LogP contribution in [-0.2, 0) is 10.0 Å². The van der Waals surface area contributed by atoms with Crippen LogP contribution in [0.5, 0.6) is 0 Å². The normalized spacial score (nSPS) is 26.2. The summed E-state index contributed by atoms with van der Waals surface area (Å²) in [5.41, 5.74) is 0. The molecule has 0 aromatic carbocycles. The standard InChI is InChI=1S/C12H23NO3S/c14-12-6-8-13(9-7-12)17(15,16)10-11-4-2-1-3-5-11/h11-12,14H,1-10H2. The zero-order valence-electron chi connectivity index (χ0n) is 10.3. The molecule has 1 saturated carbocycles. The van der Waals surface area contributed by atoms with E-state index in [0.29, 0.717) is 37.6 Å². The van der Waals surface area contributed by atoms with Crippen LogP contribution in [0.3, 0.4) is 0 Å². The molecule has 0 aromatic heterocycles. The van der Waals surface area contributed by atoms with Gasteiger partial charge in [0.1, 0.15) is 0 Å². The molecule has 5 heteroatoms. The van der Waals surface area contributed by atoms with E-state index in [9.17, 15) is 13.5 Å². The highest BCUT2D eigenvalue weighted by atomic mass is 32.2. The van der Waals surface area contributed by atoms with E-state index in [1.807, 2.05) is 0 Å². The second-order valence-electron chi connectivity index (χ2n) is 5.41. The van der Waals surface area contributed by atoms with Gasteiger partial charge < -0.3 is 5.11 Å². The molecular weight excluding hydrogens is 238 g/mol. The Bertz CT molecular complexity index is 328. The molecule has 2 rings (SSSR count). The van der Waals surface area contributed by atoms with Crippen molar-refractivity contribution in [1.82, 2.24) is 4.31 Å². The van der Waals surface area contributed by atoms with Gasteiger partial charge in [0.05, 0.1) is 11.9 Å². The third-order valence-electron chi connectivity index (χ3n) is 3.99. The molecule has 0 aromatic rings. The highest BCUT2D eigenvalue weighted by Crippen LogP contribution is 2.26. The fraction of sp³-hybridized carbons (Fsp3) is 1.00. The van der Waals surface area contributed by atoms with Crippen LogP contribution in [0, 0.1) is 5.92 Å². The Hall–Kier alpha value is -0.130. The summed E-state index contributed by atoms with van der Waals surface area (Å²) in [5.74, 6) is 0.684. The van der Waals surface area contributed by atoms with Crippen molar-refractivity contribution in [1.29, 1.82) is 0 Å². The Morgan fingerprint density at radius 1 is 1.00 bits per heavy atom. The number of hydrogen-bond acceptors (Lipinski definition) is 3. The largest absolute Gasteiger partial charge is 0.393 e. The zero-order chi connectivity index (χ0) is 12.3. The molecule has 2 fully saturated rings. The molecule has 0 radical (unpaired) electrons. The SMILES string of the molecule is O=S(=O)(CC1CCCCC1)N1CCC(O)CC1. The van der Waals surface area contributed by atoms with Crippen molar-refractivity contribution in [2.24, 2.45) is 5.92 Å². The number of piperidine rings is 1. The summed E-state index contributed by atoms with van der Waals surface area (Å²) in [6.45, 7) is 0.993. The summed E-state index contributed by atoms with van der Waals surface area (Å²) in [7, 11) is -3.08. The monoisotopic (exact) mass is 261 g/mol. The quantitative estimate of drug-likeness (QED) is 0.834. The number of aliphatic hydroxyl groups excluding tert-OH is 1. The van der Waals surface area contributed by atoms with Crippen LogP contribution < -0.4 is 0 Å².